The molecule has 1 aromatic carbocycles. The summed E-state index contributed by atoms with van der Waals surface area (Å²) in [5, 5.41) is 11.0. The Morgan fingerprint density at radius 1 is 1.23 bits per heavy atom. The van der Waals surface area contributed by atoms with Gasteiger partial charge in [-0.05, 0) is 30.4 Å². The molecule has 1 saturated carbocycles. The van der Waals surface area contributed by atoms with Crippen molar-refractivity contribution in [1.82, 2.24) is 30.3 Å². The van der Waals surface area contributed by atoms with E-state index in [1.54, 1.807) is 19.7 Å². The number of likely N-dealkylation sites (tertiary alicyclic amines) is 1. The summed E-state index contributed by atoms with van der Waals surface area (Å²) in [5.74, 6) is 1.38. The average Bonchev–Trinajstić information content (AvgIpc) is 3.54. The molecule has 1 aromatic heterocycles. The van der Waals surface area contributed by atoms with Crippen LogP contribution in [-0.4, -0.2) is 57.7 Å². The van der Waals surface area contributed by atoms with Crippen LogP contribution in [0.3, 0.4) is 0 Å². The lowest BCUT2D eigenvalue weighted by Gasteiger charge is -2.21. The number of hydrogen-bond donors (Lipinski definition) is 2. The molecule has 0 radical (unpaired) electrons. The van der Waals surface area contributed by atoms with E-state index >= 15 is 0 Å². The van der Waals surface area contributed by atoms with Gasteiger partial charge in [0.15, 0.2) is 5.96 Å². The van der Waals surface area contributed by atoms with Crippen LogP contribution < -0.4 is 10.6 Å². The van der Waals surface area contributed by atoms with Gasteiger partial charge in [0.1, 0.15) is 12.7 Å². The number of aromatic nitrogens is 3. The average molecular weight is 410 g/mol. The maximum absolute atomic E-state index is 12.6. The van der Waals surface area contributed by atoms with Crippen molar-refractivity contribution < 1.29 is 4.79 Å². The fourth-order valence-electron chi connectivity index (χ4n) is 4.42. The number of guanidine groups is 1. The van der Waals surface area contributed by atoms with Gasteiger partial charge < -0.3 is 15.5 Å². The standard InChI is InChI=1S/C22H31N7O/c1-23-22(27-20-9-10-28(14-20)21(30)19-7-2-3-8-19)25-12-17-5-4-6-18(11-17)13-29-16-24-15-26-29/h4-6,11,15-16,19-20H,2-3,7-10,12-14H2,1H3,(H2,23,25,27). The summed E-state index contributed by atoms with van der Waals surface area (Å²) < 4.78 is 1.81. The number of carbonyl (C=O) groups is 1. The minimum Gasteiger partial charge on any atom is -0.352 e. The molecular weight excluding hydrogens is 378 g/mol. The van der Waals surface area contributed by atoms with Crippen LogP contribution in [-0.2, 0) is 17.9 Å². The van der Waals surface area contributed by atoms with E-state index in [1.807, 2.05) is 9.58 Å². The topological polar surface area (TPSA) is 87.4 Å². The molecule has 30 heavy (non-hydrogen) atoms. The second-order valence-corrected chi connectivity index (χ2v) is 8.23. The van der Waals surface area contributed by atoms with Gasteiger partial charge in [-0.15, -0.1) is 0 Å². The Labute approximate surface area is 177 Å². The Bertz CT molecular complexity index is 858. The molecule has 8 nitrogen and oxygen atoms in total. The molecule has 1 unspecified atom stereocenters. The summed E-state index contributed by atoms with van der Waals surface area (Å²) in [6, 6.07) is 8.66. The third kappa shape index (κ3) is 5.17. The molecule has 1 saturated heterocycles. The molecule has 0 bridgehead atoms. The molecule has 2 aromatic rings. The van der Waals surface area contributed by atoms with E-state index in [1.165, 1.54) is 24.0 Å². The summed E-state index contributed by atoms with van der Waals surface area (Å²) in [4.78, 5) is 23.0. The van der Waals surface area contributed by atoms with E-state index in [2.05, 4.69) is 50.0 Å². The van der Waals surface area contributed by atoms with Crippen molar-refractivity contribution in [3.63, 3.8) is 0 Å². The molecule has 1 atom stereocenters. The molecule has 1 aliphatic carbocycles. The summed E-state index contributed by atoms with van der Waals surface area (Å²) >= 11 is 0. The number of nitrogens with zero attached hydrogens (tertiary/aromatic N) is 5. The number of amides is 1. The number of benzene rings is 1. The molecule has 1 aliphatic heterocycles. The minimum atomic E-state index is 0.250. The van der Waals surface area contributed by atoms with Crippen LogP contribution in [0.4, 0.5) is 0 Å². The quantitative estimate of drug-likeness (QED) is 0.561. The number of nitrogens with one attached hydrogen (secondary N) is 2. The van der Waals surface area contributed by atoms with Crippen molar-refractivity contribution in [3.8, 4) is 0 Å². The molecule has 0 spiro atoms. The van der Waals surface area contributed by atoms with Crippen LogP contribution in [0, 0.1) is 5.92 Å². The van der Waals surface area contributed by atoms with Crippen LogP contribution >= 0.6 is 0 Å². The van der Waals surface area contributed by atoms with E-state index in [0.717, 1.165) is 38.3 Å². The first-order valence-corrected chi connectivity index (χ1v) is 10.9. The summed E-state index contributed by atoms with van der Waals surface area (Å²) in [5.41, 5.74) is 2.36. The minimum absolute atomic E-state index is 0.250. The molecule has 4 rings (SSSR count). The van der Waals surface area contributed by atoms with Gasteiger partial charge in [-0.3, -0.25) is 9.79 Å². The predicted octanol–water partition coefficient (Wildman–Crippen LogP) is 1.78. The predicted molar refractivity (Wildman–Crippen MR) is 116 cm³/mol. The van der Waals surface area contributed by atoms with Crippen LogP contribution in [0.15, 0.2) is 41.9 Å². The lowest BCUT2D eigenvalue weighted by Crippen LogP contribution is -2.45. The van der Waals surface area contributed by atoms with E-state index in [0.29, 0.717) is 19.0 Å². The summed E-state index contributed by atoms with van der Waals surface area (Å²) in [6.07, 6.45) is 8.75. The third-order valence-corrected chi connectivity index (χ3v) is 6.03. The smallest absolute Gasteiger partial charge is 0.225 e. The lowest BCUT2D eigenvalue weighted by atomic mass is 10.1. The highest BCUT2D eigenvalue weighted by Crippen LogP contribution is 2.27. The number of hydrogen-bond acceptors (Lipinski definition) is 4. The van der Waals surface area contributed by atoms with Crippen molar-refractivity contribution in [3.05, 3.63) is 48.0 Å². The second-order valence-electron chi connectivity index (χ2n) is 8.23. The van der Waals surface area contributed by atoms with Crippen molar-refractivity contribution in [2.45, 2.75) is 51.2 Å². The van der Waals surface area contributed by atoms with Gasteiger partial charge in [-0.2, -0.15) is 5.10 Å². The number of rotatable bonds is 6. The Balaban J connectivity index is 1.26. The number of carbonyl (C=O) groups excluding carboxylic acids is 1. The fourth-order valence-corrected chi connectivity index (χ4v) is 4.42. The zero-order valence-electron chi connectivity index (χ0n) is 17.6. The Kier molecular flexibility index (Phi) is 6.61. The van der Waals surface area contributed by atoms with E-state index in [4.69, 9.17) is 0 Å². The van der Waals surface area contributed by atoms with E-state index < -0.39 is 0 Å². The Morgan fingerprint density at radius 3 is 2.83 bits per heavy atom. The van der Waals surface area contributed by atoms with Crippen LogP contribution in [0.1, 0.15) is 43.2 Å². The molecule has 2 aliphatic rings. The second kappa shape index (κ2) is 9.73. The highest BCUT2D eigenvalue weighted by atomic mass is 16.2. The normalized spacial score (nSPS) is 20.0. The van der Waals surface area contributed by atoms with Gasteiger partial charge in [0.25, 0.3) is 0 Å². The van der Waals surface area contributed by atoms with Crippen molar-refractivity contribution >= 4 is 11.9 Å². The lowest BCUT2D eigenvalue weighted by molar-refractivity contribution is -0.134. The monoisotopic (exact) mass is 409 g/mol. The van der Waals surface area contributed by atoms with Gasteiger partial charge in [0.2, 0.25) is 5.91 Å². The molecule has 2 N–H and O–H groups in total. The van der Waals surface area contributed by atoms with Gasteiger partial charge in [0, 0.05) is 38.6 Å². The van der Waals surface area contributed by atoms with Crippen molar-refractivity contribution in [1.29, 1.82) is 0 Å². The molecule has 160 valence electrons. The van der Waals surface area contributed by atoms with Crippen LogP contribution in [0.5, 0.6) is 0 Å². The Hall–Kier alpha value is -2.90. The molecule has 8 heteroatoms. The van der Waals surface area contributed by atoms with Gasteiger partial charge in [0.05, 0.1) is 6.54 Å². The van der Waals surface area contributed by atoms with Gasteiger partial charge >= 0.3 is 0 Å². The summed E-state index contributed by atoms with van der Waals surface area (Å²) in [7, 11) is 1.78. The fraction of sp³-hybridized carbons (Fsp3) is 0.545. The SMILES string of the molecule is CN=C(NCc1cccc(Cn2cncn2)c1)NC1CCN(C(=O)C2CCCC2)C1. The highest BCUT2D eigenvalue weighted by Gasteiger charge is 2.32. The van der Waals surface area contributed by atoms with Gasteiger partial charge in [-0.25, -0.2) is 9.67 Å². The van der Waals surface area contributed by atoms with Gasteiger partial charge in [-0.1, -0.05) is 37.1 Å². The largest absolute Gasteiger partial charge is 0.352 e. The van der Waals surface area contributed by atoms with E-state index in [9.17, 15) is 4.79 Å². The van der Waals surface area contributed by atoms with Crippen LogP contribution in [0.2, 0.25) is 0 Å². The zero-order chi connectivity index (χ0) is 20.8. The first-order valence-electron chi connectivity index (χ1n) is 10.9. The van der Waals surface area contributed by atoms with E-state index in [-0.39, 0.29) is 12.0 Å². The first kappa shape index (κ1) is 20.4. The maximum Gasteiger partial charge on any atom is 0.225 e. The van der Waals surface area contributed by atoms with Crippen LogP contribution in [0.25, 0.3) is 0 Å². The molecule has 2 heterocycles. The first-order chi connectivity index (χ1) is 14.7. The molecular formula is C22H31N7O. The zero-order valence-corrected chi connectivity index (χ0v) is 17.6. The Morgan fingerprint density at radius 2 is 2.07 bits per heavy atom. The molecule has 1 amide bonds. The third-order valence-electron chi connectivity index (χ3n) is 6.03. The summed E-state index contributed by atoms with van der Waals surface area (Å²) in [6.45, 7) is 2.99. The van der Waals surface area contributed by atoms with Crippen molar-refractivity contribution in [2.24, 2.45) is 10.9 Å². The molecule has 2 fully saturated rings. The maximum atomic E-state index is 12.6. The number of aliphatic imine (C=N–C) groups is 1. The van der Waals surface area contributed by atoms with Crippen molar-refractivity contribution in [2.75, 3.05) is 20.1 Å². The highest BCUT2D eigenvalue weighted by molar-refractivity contribution is 5.81.